The van der Waals surface area contributed by atoms with Crippen molar-refractivity contribution in [1.29, 1.82) is 0 Å². The minimum absolute atomic E-state index is 0.283. The van der Waals surface area contributed by atoms with Crippen LogP contribution >= 0.6 is 0 Å². The van der Waals surface area contributed by atoms with Crippen LogP contribution in [0.2, 0.25) is 0 Å². The highest BCUT2D eigenvalue weighted by Gasteiger charge is 2.38. The number of anilines is 1. The van der Waals surface area contributed by atoms with Crippen LogP contribution in [0.5, 0.6) is 0 Å². The Morgan fingerprint density at radius 3 is 2.67 bits per heavy atom. The van der Waals surface area contributed by atoms with E-state index in [0.29, 0.717) is 13.2 Å². The number of aliphatic hydroxyl groups excluding tert-OH is 1. The molecule has 2 N–H and O–H groups in total. The van der Waals surface area contributed by atoms with E-state index in [-0.39, 0.29) is 6.04 Å². The lowest BCUT2D eigenvalue weighted by molar-refractivity contribution is -0.0633. The molecule has 0 amide bonds. The first-order valence-electron chi connectivity index (χ1n) is 9.20. The van der Waals surface area contributed by atoms with Gasteiger partial charge in [-0.25, -0.2) is 4.98 Å². The highest BCUT2D eigenvalue weighted by atomic mass is 16.5. The number of aromatic nitrogens is 2. The summed E-state index contributed by atoms with van der Waals surface area (Å²) >= 11 is 0. The van der Waals surface area contributed by atoms with Gasteiger partial charge < -0.3 is 24.3 Å². The van der Waals surface area contributed by atoms with Crippen molar-refractivity contribution in [3.05, 3.63) is 65.1 Å². The van der Waals surface area contributed by atoms with Gasteiger partial charge in [-0.2, -0.15) is 0 Å². The quantitative estimate of drug-likeness (QED) is 0.678. The smallest absolute Gasteiger partial charge is 0.161 e. The van der Waals surface area contributed by atoms with Crippen molar-refractivity contribution in [3.63, 3.8) is 0 Å². The molecule has 4 rings (SSSR count). The Hall–Kier alpha value is -2.41. The molecule has 0 bridgehead atoms. The van der Waals surface area contributed by atoms with E-state index in [0.717, 1.165) is 33.8 Å². The molecule has 2 unspecified atom stereocenters. The van der Waals surface area contributed by atoms with Crippen LogP contribution in [0.3, 0.4) is 0 Å². The van der Waals surface area contributed by atoms with E-state index >= 15 is 0 Å². The first-order chi connectivity index (χ1) is 13.1. The predicted octanol–water partition coefficient (Wildman–Crippen LogP) is 3.18. The highest BCUT2D eigenvalue weighted by Crippen LogP contribution is 2.43. The van der Waals surface area contributed by atoms with Gasteiger partial charge in [0.1, 0.15) is 12.2 Å². The number of imidazole rings is 1. The van der Waals surface area contributed by atoms with Crippen molar-refractivity contribution in [2.45, 2.75) is 32.1 Å². The minimum Gasteiger partial charge on any atom is -0.388 e. The van der Waals surface area contributed by atoms with Gasteiger partial charge >= 0.3 is 0 Å². The molecule has 1 aliphatic rings. The zero-order valence-electron chi connectivity index (χ0n) is 15.8. The molecule has 0 radical (unpaired) electrons. The number of aliphatic hydroxyl groups is 1. The van der Waals surface area contributed by atoms with Crippen molar-refractivity contribution in [2.24, 2.45) is 0 Å². The first-order valence-corrected chi connectivity index (χ1v) is 9.20. The molecule has 142 valence electrons. The van der Waals surface area contributed by atoms with Gasteiger partial charge in [-0.05, 0) is 25.5 Å². The molecule has 0 fully saturated rings. The van der Waals surface area contributed by atoms with E-state index in [1.54, 1.807) is 7.11 Å². The van der Waals surface area contributed by atoms with Crippen LogP contribution in [0.15, 0.2) is 42.6 Å². The van der Waals surface area contributed by atoms with Crippen LogP contribution in [0.25, 0.3) is 5.65 Å². The second kappa shape index (κ2) is 7.31. The highest BCUT2D eigenvalue weighted by molar-refractivity contribution is 5.75. The number of hydrogen-bond acceptors (Lipinski definition) is 5. The summed E-state index contributed by atoms with van der Waals surface area (Å²) in [6.45, 7) is 4.96. The molecule has 2 aromatic heterocycles. The Labute approximate surface area is 158 Å². The topological polar surface area (TPSA) is 68.0 Å². The summed E-state index contributed by atoms with van der Waals surface area (Å²) in [5, 5.41) is 14.6. The summed E-state index contributed by atoms with van der Waals surface area (Å²) in [6.07, 6.45) is 0.813. The fraction of sp³-hybridized carbons (Fsp3) is 0.381. The zero-order valence-corrected chi connectivity index (χ0v) is 15.8. The molecule has 1 aromatic carbocycles. The molecular formula is C21H25N3O3. The van der Waals surface area contributed by atoms with Crippen LogP contribution in [0.4, 0.5) is 5.69 Å². The minimum atomic E-state index is -0.726. The number of aryl methyl sites for hydroxylation is 2. The lowest BCUT2D eigenvalue weighted by Gasteiger charge is -2.38. The standard InChI is InChI=1S/C21H25N3O3/c1-13-14(2)24-10-9-16-18(21(24)22-13)23-17(15-7-5-4-6-8-15)19(25)20(16)27-12-11-26-3/h4-10,17,19-20,23,25H,11-12H2,1-3H3/t17-,19?,20?/m1/s1. The van der Waals surface area contributed by atoms with Crippen molar-refractivity contribution < 1.29 is 14.6 Å². The molecule has 0 aliphatic carbocycles. The van der Waals surface area contributed by atoms with Gasteiger partial charge in [0.05, 0.1) is 30.6 Å². The average Bonchev–Trinajstić information content (AvgIpc) is 2.98. The molecule has 6 nitrogen and oxygen atoms in total. The van der Waals surface area contributed by atoms with Gasteiger partial charge in [0.25, 0.3) is 0 Å². The van der Waals surface area contributed by atoms with Crippen molar-refractivity contribution >= 4 is 11.3 Å². The summed E-state index contributed by atoms with van der Waals surface area (Å²) in [4.78, 5) is 4.75. The number of nitrogens with zero attached hydrogens (tertiary/aromatic N) is 2. The number of pyridine rings is 1. The van der Waals surface area contributed by atoms with Gasteiger partial charge in [0.15, 0.2) is 5.65 Å². The van der Waals surface area contributed by atoms with E-state index in [1.165, 1.54) is 0 Å². The van der Waals surface area contributed by atoms with E-state index < -0.39 is 12.2 Å². The molecule has 1 aliphatic heterocycles. The number of hydrogen-bond donors (Lipinski definition) is 2. The van der Waals surface area contributed by atoms with Gasteiger partial charge in [-0.1, -0.05) is 30.3 Å². The Balaban J connectivity index is 1.82. The molecule has 0 saturated heterocycles. The molecule has 3 heterocycles. The lowest BCUT2D eigenvalue weighted by atomic mass is 9.89. The van der Waals surface area contributed by atoms with Gasteiger partial charge in [-0.3, -0.25) is 0 Å². The van der Waals surface area contributed by atoms with E-state index in [1.807, 2.05) is 49.5 Å². The summed E-state index contributed by atoms with van der Waals surface area (Å²) in [7, 11) is 1.64. The van der Waals surface area contributed by atoms with Gasteiger partial charge in [0.2, 0.25) is 0 Å². The van der Waals surface area contributed by atoms with Crippen LogP contribution in [-0.2, 0) is 9.47 Å². The zero-order chi connectivity index (χ0) is 19.0. The normalized spacial score (nSPS) is 21.9. The van der Waals surface area contributed by atoms with E-state index in [9.17, 15) is 5.11 Å². The third kappa shape index (κ3) is 3.10. The maximum absolute atomic E-state index is 11.1. The van der Waals surface area contributed by atoms with Crippen molar-refractivity contribution in [2.75, 3.05) is 25.6 Å². The monoisotopic (exact) mass is 367 g/mol. The summed E-state index contributed by atoms with van der Waals surface area (Å²) in [5.41, 5.74) is 5.80. The number of benzene rings is 1. The second-order valence-electron chi connectivity index (χ2n) is 6.93. The van der Waals surface area contributed by atoms with Crippen LogP contribution in [0, 0.1) is 13.8 Å². The number of ether oxygens (including phenoxy) is 2. The van der Waals surface area contributed by atoms with Crippen molar-refractivity contribution in [3.8, 4) is 0 Å². The molecule has 0 saturated carbocycles. The van der Waals surface area contributed by atoms with Crippen LogP contribution in [-0.4, -0.2) is 40.9 Å². The average molecular weight is 367 g/mol. The number of methoxy groups -OCH3 is 1. The largest absolute Gasteiger partial charge is 0.388 e. The maximum Gasteiger partial charge on any atom is 0.161 e. The number of fused-ring (bicyclic) bond motifs is 3. The number of nitrogens with one attached hydrogen (secondary N) is 1. The Morgan fingerprint density at radius 2 is 1.93 bits per heavy atom. The Bertz CT molecular complexity index is 939. The molecule has 3 aromatic rings. The molecule has 3 atom stereocenters. The molecule has 0 spiro atoms. The SMILES string of the molecule is COCCOC1c2ccn3c(C)c(C)nc3c2N[C@H](c2ccccc2)C1O. The third-order valence-electron chi connectivity index (χ3n) is 5.30. The summed E-state index contributed by atoms with van der Waals surface area (Å²) < 4.78 is 13.2. The third-order valence-corrected chi connectivity index (χ3v) is 5.30. The van der Waals surface area contributed by atoms with E-state index in [4.69, 9.17) is 14.5 Å². The summed E-state index contributed by atoms with van der Waals surface area (Å²) in [6, 6.07) is 11.7. The summed E-state index contributed by atoms with van der Waals surface area (Å²) in [5.74, 6) is 0. The fourth-order valence-corrected chi connectivity index (χ4v) is 3.73. The molecule has 27 heavy (non-hydrogen) atoms. The van der Waals surface area contributed by atoms with Gasteiger partial charge in [-0.15, -0.1) is 0 Å². The predicted molar refractivity (Wildman–Crippen MR) is 104 cm³/mol. The Morgan fingerprint density at radius 1 is 1.15 bits per heavy atom. The maximum atomic E-state index is 11.1. The fourth-order valence-electron chi connectivity index (χ4n) is 3.73. The number of rotatable bonds is 5. The van der Waals surface area contributed by atoms with Gasteiger partial charge in [0, 0.05) is 24.6 Å². The van der Waals surface area contributed by atoms with Crippen molar-refractivity contribution in [1.82, 2.24) is 9.38 Å². The second-order valence-corrected chi connectivity index (χ2v) is 6.93. The lowest BCUT2D eigenvalue weighted by Crippen LogP contribution is -2.38. The molecular weight excluding hydrogens is 342 g/mol. The Kier molecular flexibility index (Phi) is 4.86. The van der Waals surface area contributed by atoms with E-state index in [2.05, 4.69) is 16.6 Å². The first kappa shape index (κ1) is 18.0. The van der Waals surface area contributed by atoms with Crippen LogP contribution in [0.1, 0.15) is 34.7 Å². The van der Waals surface area contributed by atoms with Crippen LogP contribution < -0.4 is 5.32 Å². The molecule has 6 heteroatoms.